The van der Waals surface area contributed by atoms with Gasteiger partial charge < -0.3 is 9.47 Å². The maximum atomic E-state index is 11.5. The molecule has 0 heterocycles. The average Bonchev–Trinajstić information content (AvgIpc) is 2.18. The van der Waals surface area contributed by atoms with Gasteiger partial charge in [0.2, 0.25) is 0 Å². The van der Waals surface area contributed by atoms with Crippen LogP contribution in [0.4, 0.5) is 0 Å². The Hall–Kier alpha value is -1.39. The fraction of sp³-hybridized carbons (Fsp3) is 0.727. The summed E-state index contributed by atoms with van der Waals surface area (Å²) >= 11 is 0. The molecule has 0 N–H and O–H groups in total. The van der Waals surface area contributed by atoms with Gasteiger partial charge in [-0.05, 0) is 20.8 Å². The Morgan fingerprint density at radius 2 is 1.38 bits per heavy atom. The monoisotopic (exact) mass is 230 g/mol. The number of ether oxygens (including phenoxy) is 2. The molecular formula is C11H18O5. The first kappa shape index (κ1) is 14.6. The summed E-state index contributed by atoms with van der Waals surface area (Å²) in [4.78, 5) is 34.2. The van der Waals surface area contributed by atoms with E-state index in [0.29, 0.717) is 0 Å². The zero-order chi connectivity index (χ0) is 12.7. The number of rotatable bonds is 6. The Bertz CT molecular complexity index is 254. The van der Waals surface area contributed by atoms with Gasteiger partial charge in [-0.25, -0.2) is 0 Å². The van der Waals surface area contributed by atoms with Gasteiger partial charge in [-0.15, -0.1) is 0 Å². The lowest BCUT2D eigenvalue weighted by Gasteiger charge is -2.18. The lowest BCUT2D eigenvalue weighted by Crippen LogP contribution is -2.36. The van der Waals surface area contributed by atoms with Crippen LogP contribution in [0, 0.1) is 11.8 Å². The van der Waals surface area contributed by atoms with Crippen molar-refractivity contribution in [3.63, 3.8) is 0 Å². The Labute approximate surface area is 95.1 Å². The van der Waals surface area contributed by atoms with E-state index in [1.807, 2.05) is 0 Å². The summed E-state index contributed by atoms with van der Waals surface area (Å²) in [5.74, 6) is -3.53. The Morgan fingerprint density at radius 1 is 1.00 bits per heavy atom. The molecule has 5 nitrogen and oxygen atoms in total. The van der Waals surface area contributed by atoms with Crippen molar-refractivity contribution in [2.24, 2.45) is 11.8 Å². The van der Waals surface area contributed by atoms with Gasteiger partial charge in [0.1, 0.15) is 5.78 Å². The van der Waals surface area contributed by atoms with E-state index in [4.69, 9.17) is 9.47 Å². The average molecular weight is 230 g/mol. The predicted octanol–water partition coefficient (Wildman–Crippen LogP) is 0.954. The fourth-order valence-electron chi connectivity index (χ4n) is 1.20. The highest BCUT2D eigenvalue weighted by molar-refractivity contribution is 5.99. The van der Waals surface area contributed by atoms with Crippen molar-refractivity contribution in [3.8, 4) is 0 Å². The second-order valence-corrected chi connectivity index (χ2v) is 3.38. The van der Waals surface area contributed by atoms with Gasteiger partial charge in [-0.3, -0.25) is 14.4 Å². The van der Waals surface area contributed by atoms with Gasteiger partial charge in [0.15, 0.2) is 5.92 Å². The van der Waals surface area contributed by atoms with E-state index < -0.39 is 23.8 Å². The van der Waals surface area contributed by atoms with Crippen LogP contribution >= 0.6 is 0 Å². The fourth-order valence-corrected chi connectivity index (χ4v) is 1.20. The summed E-state index contributed by atoms with van der Waals surface area (Å²) in [6, 6.07) is 0. The standard InChI is InChI=1S/C11H18O5/c1-5-15-10(13)9(7(3)8(4)12)11(14)16-6-2/h7,9H,5-6H2,1-4H3. The first-order chi connectivity index (χ1) is 7.45. The third kappa shape index (κ3) is 4.00. The van der Waals surface area contributed by atoms with E-state index in [2.05, 4.69) is 0 Å². The number of carbonyl (C=O) groups excluding carboxylic acids is 3. The molecule has 5 heteroatoms. The maximum Gasteiger partial charge on any atom is 0.321 e. The predicted molar refractivity (Wildman–Crippen MR) is 56.6 cm³/mol. The lowest BCUT2D eigenvalue weighted by atomic mass is 9.91. The minimum atomic E-state index is -1.16. The van der Waals surface area contributed by atoms with Gasteiger partial charge in [-0.2, -0.15) is 0 Å². The molecule has 0 aliphatic carbocycles. The largest absolute Gasteiger partial charge is 0.465 e. The normalized spacial score (nSPS) is 12.1. The molecule has 0 spiro atoms. The van der Waals surface area contributed by atoms with Crippen LogP contribution in [0.1, 0.15) is 27.7 Å². The molecule has 0 rings (SSSR count). The smallest absolute Gasteiger partial charge is 0.321 e. The van der Waals surface area contributed by atoms with E-state index in [-0.39, 0.29) is 19.0 Å². The lowest BCUT2D eigenvalue weighted by molar-refractivity contribution is -0.165. The van der Waals surface area contributed by atoms with Gasteiger partial charge in [0, 0.05) is 5.92 Å². The molecule has 92 valence electrons. The summed E-state index contributed by atoms with van der Waals surface area (Å²) in [6.45, 7) is 6.45. The van der Waals surface area contributed by atoms with Crippen molar-refractivity contribution in [3.05, 3.63) is 0 Å². The summed E-state index contributed by atoms with van der Waals surface area (Å²) in [7, 11) is 0. The van der Waals surface area contributed by atoms with E-state index in [9.17, 15) is 14.4 Å². The van der Waals surface area contributed by atoms with Gasteiger partial charge in [0.05, 0.1) is 13.2 Å². The maximum absolute atomic E-state index is 11.5. The second kappa shape index (κ2) is 6.98. The van der Waals surface area contributed by atoms with E-state index in [1.54, 1.807) is 13.8 Å². The molecule has 0 saturated carbocycles. The van der Waals surface area contributed by atoms with Crippen molar-refractivity contribution in [1.29, 1.82) is 0 Å². The molecule has 0 radical (unpaired) electrons. The van der Waals surface area contributed by atoms with E-state index in [0.717, 1.165) is 0 Å². The third-order valence-corrected chi connectivity index (χ3v) is 2.22. The van der Waals surface area contributed by atoms with Crippen LogP contribution in [0.25, 0.3) is 0 Å². The summed E-state index contributed by atoms with van der Waals surface area (Å²) in [5.41, 5.74) is 0. The summed E-state index contributed by atoms with van der Waals surface area (Å²) < 4.78 is 9.50. The topological polar surface area (TPSA) is 69.7 Å². The Kier molecular flexibility index (Phi) is 6.37. The van der Waals surface area contributed by atoms with Crippen molar-refractivity contribution in [2.45, 2.75) is 27.7 Å². The number of hydrogen-bond donors (Lipinski definition) is 0. The van der Waals surface area contributed by atoms with Crippen LogP contribution in [0.15, 0.2) is 0 Å². The van der Waals surface area contributed by atoms with Gasteiger partial charge >= 0.3 is 11.9 Å². The first-order valence-corrected chi connectivity index (χ1v) is 5.29. The number of hydrogen-bond acceptors (Lipinski definition) is 5. The highest BCUT2D eigenvalue weighted by atomic mass is 16.6. The molecule has 0 fully saturated rings. The molecule has 16 heavy (non-hydrogen) atoms. The summed E-state index contributed by atoms with van der Waals surface area (Å²) in [5, 5.41) is 0. The SMILES string of the molecule is CCOC(=O)C(C(=O)OCC)C(C)C(C)=O. The molecule has 1 atom stereocenters. The highest BCUT2D eigenvalue weighted by Gasteiger charge is 2.37. The molecule has 0 aromatic rings. The van der Waals surface area contributed by atoms with Crippen molar-refractivity contribution in [2.75, 3.05) is 13.2 Å². The minimum Gasteiger partial charge on any atom is -0.465 e. The molecule has 1 unspecified atom stereocenters. The molecule has 0 aliphatic rings. The highest BCUT2D eigenvalue weighted by Crippen LogP contribution is 2.16. The van der Waals surface area contributed by atoms with Crippen molar-refractivity contribution in [1.82, 2.24) is 0 Å². The van der Waals surface area contributed by atoms with Crippen LogP contribution in [0.5, 0.6) is 0 Å². The van der Waals surface area contributed by atoms with E-state index in [1.165, 1.54) is 13.8 Å². The van der Waals surface area contributed by atoms with Crippen molar-refractivity contribution >= 4 is 17.7 Å². The molecule has 0 amide bonds. The quantitative estimate of drug-likeness (QED) is 0.502. The zero-order valence-corrected chi connectivity index (χ0v) is 10.1. The number of ketones is 1. The first-order valence-electron chi connectivity index (χ1n) is 5.29. The molecule has 0 aromatic heterocycles. The molecule has 0 bridgehead atoms. The third-order valence-electron chi connectivity index (χ3n) is 2.22. The van der Waals surface area contributed by atoms with Gasteiger partial charge in [0.25, 0.3) is 0 Å². The van der Waals surface area contributed by atoms with Crippen LogP contribution in [-0.4, -0.2) is 30.9 Å². The van der Waals surface area contributed by atoms with Crippen LogP contribution in [0.3, 0.4) is 0 Å². The number of carbonyl (C=O) groups is 3. The Morgan fingerprint density at radius 3 is 1.62 bits per heavy atom. The number of esters is 2. The van der Waals surface area contributed by atoms with Crippen LogP contribution in [-0.2, 0) is 23.9 Å². The minimum absolute atomic E-state index is 0.166. The summed E-state index contributed by atoms with van der Waals surface area (Å²) in [6.07, 6.45) is 0. The van der Waals surface area contributed by atoms with Gasteiger partial charge in [-0.1, -0.05) is 6.92 Å². The Balaban J connectivity index is 4.82. The van der Waals surface area contributed by atoms with E-state index >= 15 is 0 Å². The molecular weight excluding hydrogens is 212 g/mol. The van der Waals surface area contributed by atoms with Crippen LogP contribution in [0.2, 0.25) is 0 Å². The number of Topliss-reactive ketones (excluding diaryl/α,β-unsaturated/α-hetero) is 1. The molecule has 0 aliphatic heterocycles. The molecule has 0 aromatic carbocycles. The van der Waals surface area contributed by atoms with Crippen LogP contribution < -0.4 is 0 Å². The van der Waals surface area contributed by atoms with Crippen molar-refractivity contribution < 1.29 is 23.9 Å². The molecule has 0 saturated heterocycles. The zero-order valence-electron chi connectivity index (χ0n) is 10.1. The second-order valence-electron chi connectivity index (χ2n) is 3.38.